The van der Waals surface area contributed by atoms with Crippen LogP contribution in [0.2, 0.25) is 0 Å². The zero-order valence-corrected chi connectivity index (χ0v) is 13.0. The normalized spacial score (nSPS) is 19.6. The minimum Gasteiger partial charge on any atom is -0.367 e. The summed E-state index contributed by atoms with van der Waals surface area (Å²) in [5, 5.41) is 2.56. The number of carbonyl (C=O) groups excluding carboxylic acids is 2. The Morgan fingerprint density at radius 1 is 1.28 bits per heavy atom. The molecule has 0 spiro atoms. The number of halogens is 1. The smallest absolute Gasteiger partial charge is 0.255 e. The van der Waals surface area contributed by atoms with E-state index in [-0.39, 0.29) is 17.7 Å². The second-order valence-corrected chi connectivity index (χ2v) is 5.50. The van der Waals surface area contributed by atoms with Gasteiger partial charge in [0.15, 0.2) is 0 Å². The fourth-order valence-electron chi connectivity index (χ4n) is 2.52. The highest BCUT2D eigenvalue weighted by atomic mass is 19.1. The summed E-state index contributed by atoms with van der Waals surface area (Å²) in [6, 6.07) is 7.91. The van der Waals surface area contributed by atoms with Crippen molar-refractivity contribution in [2.45, 2.75) is 12.1 Å². The zero-order valence-electron chi connectivity index (χ0n) is 13.0. The molecule has 2 heterocycles. The maximum absolute atomic E-state index is 14.3. The van der Waals surface area contributed by atoms with Crippen LogP contribution in [-0.4, -0.2) is 35.1 Å². The Balaban J connectivity index is 1.75. The van der Waals surface area contributed by atoms with E-state index in [1.165, 1.54) is 35.4 Å². The molecule has 1 aromatic heterocycles. The number of amides is 2. The van der Waals surface area contributed by atoms with E-state index >= 15 is 0 Å². The number of hydrogen-bond acceptors (Lipinski definition) is 4. The monoisotopic (exact) mass is 344 g/mol. The van der Waals surface area contributed by atoms with Gasteiger partial charge in [0.05, 0.1) is 23.9 Å². The molecule has 3 N–H and O–H groups in total. The molecule has 1 aliphatic heterocycles. The van der Waals surface area contributed by atoms with Crippen LogP contribution in [0.5, 0.6) is 0 Å². The first-order valence-electron chi connectivity index (χ1n) is 7.50. The summed E-state index contributed by atoms with van der Waals surface area (Å²) < 4.78 is 20.7. The molecule has 1 aromatic carbocycles. The molecular weight excluding hydrogens is 329 g/mol. The molecule has 1 aliphatic rings. The lowest BCUT2D eigenvalue weighted by Crippen LogP contribution is -2.37. The molecule has 0 saturated carbocycles. The average Bonchev–Trinajstić information content (AvgIpc) is 3.04. The van der Waals surface area contributed by atoms with Crippen molar-refractivity contribution in [3.63, 3.8) is 0 Å². The first-order chi connectivity index (χ1) is 12.0. The SMILES string of the molecule is NC(=O)C1[CH]C(NC(=O)c2ccc(-n3ccccc3=O)cc2F)CO1. The van der Waals surface area contributed by atoms with Gasteiger partial charge in [-0.25, -0.2) is 4.39 Å². The third-order valence-corrected chi connectivity index (χ3v) is 3.76. The fraction of sp³-hybridized carbons (Fsp3) is 0.176. The molecule has 0 bridgehead atoms. The number of nitrogens with zero attached hydrogens (tertiary/aromatic N) is 1. The lowest BCUT2D eigenvalue weighted by atomic mass is 10.1. The Bertz CT molecular complexity index is 880. The molecule has 129 valence electrons. The number of nitrogens with one attached hydrogen (secondary N) is 1. The van der Waals surface area contributed by atoms with Gasteiger partial charge in [-0.3, -0.25) is 19.0 Å². The minimum atomic E-state index is -0.873. The predicted octanol–water partition coefficient (Wildman–Crippen LogP) is 0.163. The molecule has 2 atom stereocenters. The number of aromatic nitrogens is 1. The van der Waals surface area contributed by atoms with Crippen LogP contribution in [0.15, 0.2) is 47.4 Å². The van der Waals surface area contributed by atoms with Crippen molar-refractivity contribution in [1.29, 1.82) is 0 Å². The number of ether oxygens (including phenoxy) is 1. The molecule has 8 heteroatoms. The number of hydrogen-bond donors (Lipinski definition) is 2. The summed E-state index contributed by atoms with van der Waals surface area (Å²) in [6.45, 7) is 0.0818. The van der Waals surface area contributed by atoms with Crippen molar-refractivity contribution in [3.8, 4) is 5.69 Å². The van der Waals surface area contributed by atoms with Gasteiger partial charge < -0.3 is 15.8 Å². The van der Waals surface area contributed by atoms with Gasteiger partial charge in [-0.15, -0.1) is 0 Å². The number of nitrogens with two attached hydrogens (primary N) is 1. The van der Waals surface area contributed by atoms with Gasteiger partial charge in [-0.2, -0.15) is 0 Å². The quantitative estimate of drug-likeness (QED) is 0.825. The van der Waals surface area contributed by atoms with Crippen LogP contribution in [0.25, 0.3) is 5.69 Å². The molecule has 2 amide bonds. The van der Waals surface area contributed by atoms with E-state index in [1.807, 2.05) is 0 Å². The van der Waals surface area contributed by atoms with E-state index in [9.17, 15) is 18.8 Å². The first-order valence-corrected chi connectivity index (χ1v) is 7.50. The number of primary amides is 1. The van der Waals surface area contributed by atoms with Crippen molar-refractivity contribution in [2.24, 2.45) is 5.73 Å². The lowest BCUT2D eigenvalue weighted by Gasteiger charge is -2.12. The molecule has 1 saturated heterocycles. The van der Waals surface area contributed by atoms with Gasteiger partial charge in [-0.1, -0.05) is 6.07 Å². The Kier molecular flexibility index (Phi) is 4.62. The molecule has 1 radical (unpaired) electrons. The number of pyridine rings is 1. The standard InChI is InChI=1S/C17H15FN3O4/c18-13-8-11(21-6-2-1-3-15(21)22)4-5-12(13)17(24)20-10-7-14(16(19)23)25-9-10/h1-8,10,14H,9H2,(H2,19,23)(H,20,24). The Morgan fingerprint density at radius 3 is 2.72 bits per heavy atom. The molecule has 3 rings (SSSR count). The summed E-state index contributed by atoms with van der Waals surface area (Å²) in [5.74, 6) is -2.07. The van der Waals surface area contributed by atoms with Gasteiger partial charge in [0, 0.05) is 18.7 Å². The molecule has 25 heavy (non-hydrogen) atoms. The van der Waals surface area contributed by atoms with E-state index in [4.69, 9.17) is 10.5 Å². The molecule has 1 fully saturated rings. The van der Waals surface area contributed by atoms with Crippen LogP contribution < -0.4 is 16.6 Å². The average molecular weight is 344 g/mol. The second kappa shape index (κ2) is 6.86. The van der Waals surface area contributed by atoms with Crippen molar-refractivity contribution in [1.82, 2.24) is 9.88 Å². The van der Waals surface area contributed by atoms with Crippen molar-refractivity contribution in [2.75, 3.05) is 6.61 Å². The van der Waals surface area contributed by atoms with Gasteiger partial charge in [-0.05, 0) is 24.3 Å². The zero-order chi connectivity index (χ0) is 18.0. The maximum atomic E-state index is 14.3. The van der Waals surface area contributed by atoms with Gasteiger partial charge in [0.1, 0.15) is 11.9 Å². The third kappa shape index (κ3) is 3.58. The molecule has 7 nitrogen and oxygen atoms in total. The highest BCUT2D eigenvalue weighted by Crippen LogP contribution is 2.16. The van der Waals surface area contributed by atoms with Crippen molar-refractivity contribution >= 4 is 11.8 Å². The van der Waals surface area contributed by atoms with E-state index in [1.54, 1.807) is 12.1 Å². The third-order valence-electron chi connectivity index (χ3n) is 3.76. The van der Waals surface area contributed by atoms with Crippen LogP contribution in [0.1, 0.15) is 10.4 Å². The van der Waals surface area contributed by atoms with Crippen LogP contribution in [0, 0.1) is 12.2 Å². The summed E-state index contributed by atoms with van der Waals surface area (Å²) in [5.41, 5.74) is 4.94. The number of benzene rings is 1. The van der Waals surface area contributed by atoms with Gasteiger partial charge in [0.25, 0.3) is 11.5 Å². The molecular formula is C17H15FN3O4. The van der Waals surface area contributed by atoms with Crippen molar-refractivity contribution < 1.29 is 18.7 Å². The topological polar surface area (TPSA) is 103 Å². The van der Waals surface area contributed by atoms with E-state index in [0.717, 1.165) is 6.07 Å². The van der Waals surface area contributed by atoms with E-state index < -0.39 is 29.8 Å². The highest BCUT2D eigenvalue weighted by Gasteiger charge is 2.31. The summed E-state index contributed by atoms with van der Waals surface area (Å²) in [4.78, 5) is 35.0. The molecule has 2 aromatic rings. The lowest BCUT2D eigenvalue weighted by molar-refractivity contribution is -0.125. The Hall–Kier alpha value is -3.00. The Labute approximate surface area is 142 Å². The number of carbonyl (C=O) groups is 2. The largest absolute Gasteiger partial charge is 0.367 e. The summed E-state index contributed by atoms with van der Waals surface area (Å²) in [7, 11) is 0. The van der Waals surface area contributed by atoms with E-state index in [2.05, 4.69) is 5.32 Å². The minimum absolute atomic E-state index is 0.0818. The molecule has 0 aliphatic carbocycles. The van der Waals surface area contributed by atoms with E-state index in [0.29, 0.717) is 5.69 Å². The van der Waals surface area contributed by atoms with Gasteiger partial charge in [0.2, 0.25) is 5.91 Å². The van der Waals surface area contributed by atoms with Crippen molar-refractivity contribution in [3.05, 3.63) is 70.8 Å². The fourth-order valence-corrected chi connectivity index (χ4v) is 2.52. The molecule has 2 unspecified atom stereocenters. The second-order valence-electron chi connectivity index (χ2n) is 5.50. The summed E-state index contributed by atoms with van der Waals surface area (Å²) in [6.07, 6.45) is 2.09. The van der Waals surface area contributed by atoms with Crippen LogP contribution in [0.3, 0.4) is 0 Å². The highest BCUT2D eigenvalue weighted by molar-refractivity contribution is 5.95. The number of rotatable bonds is 4. The summed E-state index contributed by atoms with van der Waals surface area (Å²) >= 11 is 0. The van der Waals surface area contributed by atoms with Crippen LogP contribution >= 0.6 is 0 Å². The Morgan fingerprint density at radius 2 is 2.08 bits per heavy atom. The van der Waals surface area contributed by atoms with Crippen LogP contribution in [-0.2, 0) is 9.53 Å². The van der Waals surface area contributed by atoms with Gasteiger partial charge >= 0.3 is 0 Å². The van der Waals surface area contributed by atoms with Crippen LogP contribution in [0.4, 0.5) is 4.39 Å². The predicted molar refractivity (Wildman–Crippen MR) is 86.5 cm³/mol. The maximum Gasteiger partial charge on any atom is 0.255 e. The first kappa shape index (κ1) is 16.8.